The third-order valence-corrected chi connectivity index (χ3v) is 6.88. The first-order valence-corrected chi connectivity index (χ1v) is 11.2. The summed E-state index contributed by atoms with van der Waals surface area (Å²) in [5.74, 6) is -1.04. The molecular formula is C25H21ClFN3O4. The predicted molar refractivity (Wildman–Crippen MR) is 125 cm³/mol. The Bertz CT molecular complexity index is 1300. The quantitative estimate of drug-likeness (QED) is 0.409. The number of carbonyl (C=O) groups is 1. The second-order valence-corrected chi connectivity index (χ2v) is 9.01. The highest BCUT2D eigenvalue weighted by Crippen LogP contribution is 2.50. The van der Waals surface area contributed by atoms with Crippen molar-refractivity contribution in [2.45, 2.75) is 37.1 Å². The highest BCUT2D eigenvalue weighted by molar-refractivity contribution is 6.32. The van der Waals surface area contributed by atoms with Crippen molar-refractivity contribution in [1.29, 1.82) is 0 Å². The lowest BCUT2D eigenvalue weighted by atomic mass is 9.78. The predicted octanol–water partition coefficient (Wildman–Crippen LogP) is 4.63. The van der Waals surface area contributed by atoms with Crippen LogP contribution in [0.5, 0.6) is 5.75 Å². The summed E-state index contributed by atoms with van der Waals surface area (Å²) in [6.07, 6.45) is 0. The topological polar surface area (TPSA) is 93.5 Å². The zero-order valence-corrected chi connectivity index (χ0v) is 18.9. The molecule has 7 nitrogen and oxygen atoms in total. The number of rotatable bonds is 5. The van der Waals surface area contributed by atoms with Crippen molar-refractivity contribution in [2.24, 2.45) is 0 Å². The minimum absolute atomic E-state index is 0.121. The first kappa shape index (κ1) is 22.3. The molecule has 3 aromatic rings. The van der Waals surface area contributed by atoms with Crippen LogP contribution in [-0.2, 0) is 16.9 Å². The lowest BCUT2D eigenvalue weighted by Crippen LogP contribution is -2.54. The summed E-state index contributed by atoms with van der Waals surface area (Å²) >= 11 is 6.47. The molecule has 3 aromatic carbocycles. The summed E-state index contributed by atoms with van der Waals surface area (Å²) in [7, 11) is 0. The number of ether oxygens (including phenoxy) is 1. The van der Waals surface area contributed by atoms with E-state index in [2.05, 4.69) is 10.6 Å². The molecule has 2 aliphatic heterocycles. The second-order valence-electron chi connectivity index (χ2n) is 8.61. The van der Waals surface area contributed by atoms with Crippen molar-refractivity contribution in [3.05, 3.63) is 104 Å². The number of hydrogen-bond donors (Lipinski definition) is 2. The van der Waals surface area contributed by atoms with Crippen molar-refractivity contribution in [3.63, 3.8) is 0 Å². The molecule has 4 atom stereocenters. The maximum absolute atomic E-state index is 13.4. The monoisotopic (exact) mass is 481 g/mol. The highest BCUT2D eigenvalue weighted by Gasteiger charge is 2.67. The maximum Gasteiger partial charge on any atom is 0.256 e. The van der Waals surface area contributed by atoms with E-state index in [-0.39, 0.29) is 28.4 Å². The summed E-state index contributed by atoms with van der Waals surface area (Å²) < 4.78 is 19.2. The number of amides is 1. The van der Waals surface area contributed by atoms with E-state index < -0.39 is 23.4 Å². The van der Waals surface area contributed by atoms with Crippen LogP contribution in [0.25, 0.3) is 0 Å². The fourth-order valence-corrected chi connectivity index (χ4v) is 5.43. The van der Waals surface area contributed by atoms with E-state index in [1.54, 1.807) is 54.6 Å². The molecule has 34 heavy (non-hydrogen) atoms. The minimum atomic E-state index is -1.48. The van der Waals surface area contributed by atoms with E-state index in [0.29, 0.717) is 28.1 Å². The number of hydrogen-bond acceptors (Lipinski definition) is 5. The zero-order chi connectivity index (χ0) is 24.0. The Morgan fingerprint density at radius 2 is 1.94 bits per heavy atom. The molecule has 9 heteroatoms. The van der Waals surface area contributed by atoms with Crippen LogP contribution < -0.4 is 15.4 Å². The van der Waals surface area contributed by atoms with Crippen LogP contribution in [0.15, 0.2) is 66.7 Å². The van der Waals surface area contributed by atoms with E-state index in [0.717, 1.165) is 0 Å². The Balaban J connectivity index is 1.47. The smallest absolute Gasteiger partial charge is 0.256 e. The van der Waals surface area contributed by atoms with Gasteiger partial charge in [-0.25, -0.2) is 4.39 Å². The fraction of sp³-hybridized carbons (Fsp3) is 0.240. The van der Waals surface area contributed by atoms with Crippen LogP contribution in [0, 0.1) is 15.9 Å². The van der Waals surface area contributed by atoms with Gasteiger partial charge in [-0.2, -0.15) is 0 Å². The number of halogens is 2. The molecule has 1 saturated heterocycles. The summed E-state index contributed by atoms with van der Waals surface area (Å²) in [6.45, 7) is 1.95. The van der Waals surface area contributed by atoms with Crippen molar-refractivity contribution >= 4 is 23.2 Å². The van der Waals surface area contributed by atoms with Gasteiger partial charge in [-0.3, -0.25) is 20.2 Å². The van der Waals surface area contributed by atoms with Gasteiger partial charge in [0.05, 0.1) is 10.9 Å². The van der Waals surface area contributed by atoms with E-state index >= 15 is 0 Å². The highest BCUT2D eigenvalue weighted by atomic mass is 35.5. The van der Waals surface area contributed by atoms with E-state index in [4.69, 9.17) is 16.3 Å². The van der Waals surface area contributed by atoms with E-state index in [9.17, 15) is 19.3 Å². The average molecular weight is 482 g/mol. The summed E-state index contributed by atoms with van der Waals surface area (Å²) in [5.41, 5.74) is 0.924. The van der Waals surface area contributed by atoms with Crippen LogP contribution in [0.3, 0.4) is 0 Å². The fourth-order valence-electron chi connectivity index (χ4n) is 5.18. The first-order chi connectivity index (χ1) is 16.3. The molecule has 2 aliphatic rings. The van der Waals surface area contributed by atoms with Crippen LogP contribution >= 0.6 is 11.6 Å². The SMILES string of the molecule is C[C@@H]1N[C@]2(C(=O)Nc3ccccc32)[C@@H]([N+](=O)[O-])[C@@H]1c1ccc(OCc2cccc(F)c2)c(Cl)c1. The Labute approximate surface area is 200 Å². The standard InChI is InChI=1S/C25H21ClFN3O4/c1-14-22(16-9-10-21(19(26)12-16)34-13-15-5-4-6-17(27)11-15)23(30(32)33)25(29-14)18-7-2-3-8-20(18)28-24(25)31/h2-12,14,22-23,29H,13H2,1H3,(H,28,31)/t14-,22-,23-,25-/m0/s1. The number of nitrogens with zero attached hydrogens (tertiary/aromatic N) is 1. The van der Waals surface area contributed by atoms with Gasteiger partial charge < -0.3 is 10.1 Å². The number of anilines is 1. The van der Waals surface area contributed by atoms with Crippen LogP contribution in [0.2, 0.25) is 5.02 Å². The molecular weight excluding hydrogens is 461 g/mol. The Morgan fingerprint density at radius 1 is 1.15 bits per heavy atom. The van der Waals surface area contributed by atoms with E-state index in [1.807, 2.05) is 6.92 Å². The van der Waals surface area contributed by atoms with Gasteiger partial charge in [0, 0.05) is 22.2 Å². The van der Waals surface area contributed by atoms with Gasteiger partial charge in [0.15, 0.2) is 5.54 Å². The normalized spacial score (nSPS) is 25.3. The molecule has 2 N–H and O–H groups in total. The van der Waals surface area contributed by atoms with Gasteiger partial charge >= 0.3 is 0 Å². The molecule has 0 aliphatic carbocycles. The Kier molecular flexibility index (Phi) is 5.50. The van der Waals surface area contributed by atoms with Gasteiger partial charge in [0.1, 0.15) is 18.2 Å². The first-order valence-electron chi connectivity index (χ1n) is 10.8. The Morgan fingerprint density at radius 3 is 2.68 bits per heavy atom. The second kappa shape index (κ2) is 8.38. The number of nitrogens with one attached hydrogen (secondary N) is 2. The van der Waals surface area contributed by atoms with Crippen molar-refractivity contribution in [3.8, 4) is 5.75 Å². The molecule has 1 amide bonds. The largest absolute Gasteiger partial charge is 0.487 e. The molecule has 0 unspecified atom stereocenters. The molecule has 1 spiro atoms. The minimum Gasteiger partial charge on any atom is -0.487 e. The van der Waals surface area contributed by atoms with E-state index in [1.165, 1.54) is 12.1 Å². The van der Waals surface area contributed by atoms with Crippen LogP contribution in [0.1, 0.15) is 29.5 Å². The number of carbonyl (C=O) groups excluding carboxylic acids is 1. The summed E-state index contributed by atoms with van der Waals surface area (Å²) in [4.78, 5) is 25.1. The molecule has 0 bridgehead atoms. The summed E-state index contributed by atoms with van der Waals surface area (Å²) in [5, 5.41) is 18.7. The van der Waals surface area contributed by atoms with Gasteiger partial charge in [0.2, 0.25) is 0 Å². The van der Waals surface area contributed by atoms with Crippen molar-refractivity contribution in [1.82, 2.24) is 5.32 Å². The molecule has 5 rings (SSSR count). The number of para-hydroxylation sites is 1. The van der Waals surface area contributed by atoms with Gasteiger partial charge in [-0.15, -0.1) is 0 Å². The lowest BCUT2D eigenvalue weighted by Gasteiger charge is -2.25. The Hall–Kier alpha value is -3.49. The van der Waals surface area contributed by atoms with Crippen molar-refractivity contribution < 1.29 is 18.8 Å². The third-order valence-electron chi connectivity index (χ3n) is 6.59. The molecule has 174 valence electrons. The molecule has 0 aromatic heterocycles. The molecule has 0 saturated carbocycles. The number of fused-ring (bicyclic) bond motifs is 2. The molecule has 2 heterocycles. The lowest BCUT2D eigenvalue weighted by molar-refractivity contribution is -0.532. The van der Waals surface area contributed by atoms with Crippen LogP contribution in [0.4, 0.5) is 10.1 Å². The number of benzene rings is 3. The van der Waals surface area contributed by atoms with Gasteiger partial charge in [-0.05, 0) is 48.4 Å². The van der Waals surface area contributed by atoms with Gasteiger partial charge in [0.25, 0.3) is 11.9 Å². The van der Waals surface area contributed by atoms with Crippen molar-refractivity contribution in [2.75, 3.05) is 5.32 Å². The summed E-state index contributed by atoms with van der Waals surface area (Å²) in [6, 6.07) is 16.4. The van der Waals surface area contributed by atoms with Crippen LogP contribution in [-0.4, -0.2) is 22.9 Å². The van der Waals surface area contributed by atoms with Gasteiger partial charge in [-0.1, -0.05) is 48.0 Å². The zero-order valence-electron chi connectivity index (χ0n) is 18.1. The average Bonchev–Trinajstić information content (AvgIpc) is 3.27. The third kappa shape index (κ3) is 3.50. The number of nitro groups is 1. The maximum atomic E-state index is 13.4. The molecule has 1 fully saturated rings. The molecule has 0 radical (unpaired) electrons.